The largest absolute Gasteiger partial charge is 0.295 e. The van der Waals surface area contributed by atoms with Crippen LogP contribution in [0.1, 0.15) is 34.0 Å². The van der Waals surface area contributed by atoms with Gasteiger partial charge in [0, 0.05) is 5.56 Å². The summed E-state index contributed by atoms with van der Waals surface area (Å²) in [5.74, 6) is 0.0970. The van der Waals surface area contributed by atoms with E-state index in [9.17, 15) is 4.79 Å². The molecular formula is C19H18O. The van der Waals surface area contributed by atoms with Gasteiger partial charge < -0.3 is 0 Å². The zero-order valence-electron chi connectivity index (χ0n) is 11.8. The zero-order valence-corrected chi connectivity index (χ0v) is 11.8. The highest BCUT2D eigenvalue weighted by molar-refractivity contribution is 5.94. The average Bonchev–Trinajstić information content (AvgIpc) is 2.46. The molecule has 0 atom stereocenters. The van der Waals surface area contributed by atoms with Gasteiger partial charge in [0.25, 0.3) is 0 Å². The van der Waals surface area contributed by atoms with Crippen LogP contribution in [-0.4, -0.2) is 5.78 Å². The smallest absolute Gasteiger partial charge is 0.159 e. The number of hydrogen-bond donors (Lipinski definition) is 0. The quantitative estimate of drug-likeness (QED) is 0.564. The van der Waals surface area contributed by atoms with Gasteiger partial charge >= 0.3 is 0 Å². The van der Waals surface area contributed by atoms with Crippen molar-refractivity contribution in [3.8, 4) is 0 Å². The van der Waals surface area contributed by atoms with Crippen LogP contribution in [-0.2, 0) is 0 Å². The topological polar surface area (TPSA) is 17.1 Å². The highest BCUT2D eigenvalue weighted by Crippen LogP contribution is 2.08. The molecule has 1 heteroatoms. The van der Waals surface area contributed by atoms with Gasteiger partial charge in [0.15, 0.2) is 5.78 Å². The number of hydrogen-bond acceptors (Lipinski definition) is 1. The van der Waals surface area contributed by atoms with Gasteiger partial charge in [-0.2, -0.15) is 0 Å². The van der Waals surface area contributed by atoms with Crippen molar-refractivity contribution in [1.29, 1.82) is 0 Å². The van der Waals surface area contributed by atoms with Crippen molar-refractivity contribution < 1.29 is 4.79 Å². The van der Waals surface area contributed by atoms with Gasteiger partial charge in [-0.1, -0.05) is 78.4 Å². The fourth-order valence-corrected chi connectivity index (χ4v) is 1.84. The summed E-state index contributed by atoms with van der Waals surface area (Å²) < 4.78 is 0. The van der Waals surface area contributed by atoms with Crippen molar-refractivity contribution in [3.05, 3.63) is 82.9 Å². The van der Waals surface area contributed by atoms with E-state index < -0.39 is 0 Å². The molecule has 0 aliphatic heterocycles. The van der Waals surface area contributed by atoms with Crippen LogP contribution >= 0.6 is 0 Å². The van der Waals surface area contributed by atoms with E-state index in [1.165, 1.54) is 11.1 Å². The Kier molecular flexibility index (Phi) is 4.67. The molecule has 0 aliphatic rings. The zero-order chi connectivity index (χ0) is 14.4. The van der Waals surface area contributed by atoms with Crippen LogP contribution < -0.4 is 0 Å². The molecule has 20 heavy (non-hydrogen) atoms. The Balaban J connectivity index is 1.99. The highest BCUT2D eigenvalue weighted by Gasteiger charge is 1.96. The molecule has 0 saturated carbocycles. The second kappa shape index (κ2) is 6.67. The van der Waals surface area contributed by atoms with E-state index in [2.05, 4.69) is 37.3 Å². The molecule has 0 spiro atoms. The molecule has 0 aliphatic carbocycles. The lowest BCUT2D eigenvalue weighted by Crippen LogP contribution is -1.90. The maximum absolute atomic E-state index is 11.2. The van der Waals surface area contributed by atoms with Gasteiger partial charge in [-0.3, -0.25) is 4.79 Å². The van der Waals surface area contributed by atoms with Crippen molar-refractivity contribution in [2.45, 2.75) is 13.8 Å². The Hall–Kier alpha value is -2.41. The van der Waals surface area contributed by atoms with Crippen molar-refractivity contribution in [2.24, 2.45) is 0 Å². The van der Waals surface area contributed by atoms with Crippen molar-refractivity contribution in [1.82, 2.24) is 0 Å². The van der Waals surface area contributed by atoms with Crippen LogP contribution in [0.3, 0.4) is 0 Å². The summed E-state index contributed by atoms with van der Waals surface area (Å²) >= 11 is 0. The minimum atomic E-state index is 0.0970. The Morgan fingerprint density at radius 2 is 1.25 bits per heavy atom. The molecule has 0 N–H and O–H groups in total. The maximum atomic E-state index is 11.2. The first kappa shape index (κ1) is 14.0. The number of carbonyl (C=O) groups excluding carboxylic acids is 1. The minimum Gasteiger partial charge on any atom is -0.295 e. The van der Waals surface area contributed by atoms with Crippen molar-refractivity contribution in [3.63, 3.8) is 0 Å². The van der Waals surface area contributed by atoms with Crippen LogP contribution in [0.4, 0.5) is 0 Å². The molecule has 2 aromatic carbocycles. The molecule has 0 aromatic heterocycles. The summed E-state index contributed by atoms with van der Waals surface area (Å²) in [6.07, 6.45) is 8.11. The SMILES string of the molecule is CC(=O)c1ccc(/C=C/C=C/c2ccc(C)cc2)cc1. The number of Topliss-reactive ketones (excluding diaryl/α,β-unsaturated/α-hetero) is 1. The fraction of sp³-hybridized carbons (Fsp3) is 0.105. The van der Waals surface area contributed by atoms with Gasteiger partial charge in [-0.15, -0.1) is 0 Å². The Morgan fingerprint density at radius 3 is 1.70 bits per heavy atom. The van der Waals surface area contributed by atoms with E-state index >= 15 is 0 Å². The summed E-state index contributed by atoms with van der Waals surface area (Å²) in [4.78, 5) is 11.2. The second-order valence-electron chi connectivity index (χ2n) is 4.81. The van der Waals surface area contributed by atoms with E-state index in [-0.39, 0.29) is 5.78 Å². The standard InChI is InChI=1S/C19H18O/c1-15-7-9-17(10-8-15)5-3-4-6-18-11-13-19(14-12-18)16(2)20/h3-14H,1-2H3/b5-3+,6-4+. The summed E-state index contributed by atoms with van der Waals surface area (Å²) in [7, 11) is 0. The third-order valence-corrected chi connectivity index (χ3v) is 3.08. The van der Waals surface area contributed by atoms with Crippen LogP contribution in [0.15, 0.2) is 60.7 Å². The van der Waals surface area contributed by atoms with Gasteiger partial charge in [0.2, 0.25) is 0 Å². The van der Waals surface area contributed by atoms with Gasteiger partial charge in [0.05, 0.1) is 0 Å². The van der Waals surface area contributed by atoms with Crippen LogP contribution in [0.5, 0.6) is 0 Å². The van der Waals surface area contributed by atoms with Gasteiger partial charge in [-0.05, 0) is 25.0 Å². The number of carbonyl (C=O) groups is 1. The average molecular weight is 262 g/mol. The predicted octanol–water partition coefficient (Wildman–Crippen LogP) is 4.92. The van der Waals surface area contributed by atoms with Gasteiger partial charge in [-0.25, -0.2) is 0 Å². The molecule has 0 radical (unpaired) electrons. The predicted molar refractivity (Wildman–Crippen MR) is 85.7 cm³/mol. The maximum Gasteiger partial charge on any atom is 0.159 e. The Morgan fingerprint density at radius 1 is 0.800 bits per heavy atom. The molecular weight excluding hydrogens is 244 g/mol. The van der Waals surface area contributed by atoms with E-state index in [1.54, 1.807) is 6.92 Å². The summed E-state index contributed by atoms with van der Waals surface area (Å²) in [6.45, 7) is 3.66. The lowest BCUT2D eigenvalue weighted by molar-refractivity contribution is 0.101. The number of allylic oxidation sites excluding steroid dienone is 2. The first-order valence-corrected chi connectivity index (χ1v) is 6.67. The molecule has 2 rings (SSSR count). The van der Waals surface area contributed by atoms with Crippen LogP contribution in [0.2, 0.25) is 0 Å². The monoisotopic (exact) mass is 262 g/mol. The molecule has 0 saturated heterocycles. The van der Waals surface area contributed by atoms with Crippen LogP contribution in [0.25, 0.3) is 12.2 Å². The Labute approximate surface area is 120 Å². The normalized spacial score (nSPS) is 11.3. The first-order valence-electron chi connectivity index (χ1n) is 6.67. The summed E-state index contributed by atoms with van der Waals surface area (Å²) in [5, 5.41) is 0. The third kappa shape index (κ3) is 4.06. The van der Waals surface area contributed by atoms with Crippen molar-refractivity contribution >= 4 is 17.9 Å². The first-order chi connectivity index (χ1) is 9.65. The summed E-state index contributed by atoms with van der Waals surface area (Å²) in [5.41, 5.74) is 4.29. The molecule has 0 unspecified atom stereocenters. The second-order valence-corrected chi connectivity index (χ2v) is 4.81. The van der Waals surface area contributed by atoms with E-state index in [0.717, 1.165) is 11.1 Å². The lowest BCUT2D eigenvalue weighted by Gasteiger charge is -1.96. The van der Waals surface area contributed by atoms with Crippen LogP contribution in [0, 0.1) is 6.92 Å². The number of ketones is 1. The molecule has 1 nitrogen and oxygen atoms in total. The van der Waals surface area contributed by atoms with E-state index in [4.69, 9.17) is 0 Å². The molecule has 0 amide bonds. The molecule has 0 fully saturated rings. The number of aryl methyl sites for hydroxylation is 1. The highest BCUT2D eigenvalue weighted by atomic mass is 16.1. The number of rotatable bonds is 4. The Bertz CT molecular complexity index is 628. The molecule has 0 bridgehead atoms. The summed E-state index contributed by atoms with van der Waals surface area (Å²) in [6, 6.07) is 16.0. The minimum absolute atomic E-state index is 0.0970. The third-order valence-electron chi connectivity index (χ3n) is 3.08. The van der Waals surface area contributed by atoms with Gasteiger partial charge in [0.1, 0.15) is 0 Å². The fourth-order valence-electron chi connectivity index (χ4n) is 1.84. The number of benzene rings is 2. The molecule has 100 valence electrons. The van der Waals surface area contributed by atoms with E-state index in [1.807, 2.05) is 42.5 Å². The molecule has 0 heterocycles. The van der Waals surface area contributed by atoms with E-state index in [0.29, 0.717) is 0 Å². The molecule has 2 aromatic rings. The van der Waals surface area contributed by atoms with Crippen molar-refractivity contribution in [2.75, 3.05) is 0 Å². The lowest BCUT2D eigenvalue weighted by atomic mass is 10.1.